The number of unbranched alkanes of at least 4 members (excludes halogenated alkanes) is 3. The lowest BCUT2D eigenvalue weighted by Crippen LogP contribution is -2.24. The fourth-order valence-electron chi connectivity index (χ4n) is 3.96. The maximum Gasteiger partial charge on any atom is 0.265 e. The molecular weight excluding hydrogens is 420 g/mol. The summed E-state index contributed by atoms with van der Waals surface area (Å²) in [5.74, 6) is 0.680. The first-order chi connectivity index (χ1) is 15.7. The number of hydrogen-bond acceptors (Lipinski definition) is 6. The van der Waals surface area contributed by atoms with E-state index >= 15 is 0 Å². The molecule has 5 aromatic rings. The van der Waals surface area contributed by atoms with Crippen molar-refractivity contribution in [2.45, 2.75) is 46.1 Å². The smallest absolute Gasteiger partial charge is 0.265 e. The van der Waals surface area contributed by atoms with Crippen LogP contribution in [-0.2, 0) is 6.54 Å². The van der Waals surface area contributed by atoms with Gasteiger partial charge in [0.25, 0.3) is 5.56 Å². The molecule has 0 aliphatic carbocycles. The van der Waals surface area contributed by atoms with Gasteiger partial charge in [0.2, 0.25) is 0 Å². The van der Waals surface area contributed by atoms with Gasteiger partial charge in [-0.05, 0) is 36.9 Å². The number of hydrogen-bond donors (Lipinski definition) is 0. The van der Waals surface area contributed by atoms with Gasteiger partial charge in [-0.2, -0.15) is 9.78 Å². The number of aryl methyl sites for hydroxylation is 1. The predicted molar refractivity (Wildman–Crippen MR) is 131 cm³/mol. The van der Waals surface area contributed by atoms with E-state index < -0.39 is 0 Å². The molecule has 0 bridgehead atoms. The van der Waals surface area contributed by atoms with Gasteiger partial charge in [-0.1, -0.05) is 44.4 Å². The van der Waals surface area contributed by atoms with Crippen molar-refractivity contribution >= 4 is 50.8 Å². The van der Waals surface area contributed by atoms with E-state index in [4.69, 9.17) is 15.0 Å². The minimum absolute atomic E-state index is 0.0800. The second-order valence-corrected chi connectivity index (χ2v) is 8.81. The topological polar surface area (TPSA) is 78.0 Å². The molecule has 0 aliphatic heterocycles. The molecule has 8 heteroatoms. The number of thiophene rings is 1. The quantitative estimate of drug-likeness (QED) is 0.258. The van der Waals surface area contributed by atoms with Crippen molar-refractivity contribution in [3.63, 3.8) is 0 Å². The Morgan fingerprint density at radius 3 is 2.56 bits per heavy atom. The number of aromatic nitrogens is 5. The minimum atomic E-state index is -0.0800. The zero-order chi connectivity index (χ0) is 22.1. The summed E-state index contributed by atoms with van der Waals surface area (Å²) in [5.41, 5.74) is 3.00. The van der Waals surface area contributed by atoms with Crippen molar-refractivity contribution in [1.82, 2.24) is 24.2 Å². The normalized spacial score (nSPS) is 12.1. The SMILES string of the molecule is CCCCCCn1c(C)nc2c(c1=O)c1nc3ccccc3nc1n2/N=C\c1cccs1. The van der Waals surface area contributed by atoms with Crippen molar-refractivity contribution in [3.05, 3.63) is 62.8 Å². The van der Waals surface area contributed by atoms with Gasteiger partial charge >= 0.3 is 0 Å². The summed E-state index contributed by atoms with van der Waals surface area (Å²) in [5, 5.41) is 7.13. The van der Waals surface area contributed by atoms with Crippen LogP contribution in [0.1, 0.15) is 43.3 Å². The maximum absolute atomic E-state index is 13.6. The number of nitrogens with zero attached hydrogens (tertiary/aromatic N) is 6. The predicted octanol–water partition coefficient (Wildman–Crippen LogP) is 5.13. The van der Waals surface area contributed by atoms with E-state index in [0.717, 1.165) is 41.6 Å². The Morgan fingerprint density at radius 2 is 1.81 bits per heavy atom. The summed E-state index contributed by atoms with van der Waals surface area (Å²) >= 11 is 1.59. The van der Waals surface area contributed by atoms with Gasteiger partial charge in [-0.15, -0.1) is 11.3 Å². The van der Waals surface area contributed by atoms with Crippen LogP contribution in [0.2, 0.25) is 0 Å². The Labute approximate surface area is 189 Å². The Balaban J connectivity index is 1.76. The Bertz CT molecular complexity index is 1500. The van der Waals surface area contributed by atoms with Crippen LogP contribution in [-0.4, -0.2) is 30.4 Å². The largest absolute Gasteiger partial charge is 0.296 e. The average molecular weight is 445 g/mol. The van der Waals surface area contributed by atoms with E-state index in [9.17, 15) is 4.79 Å². The molecule has 0 amide bonds. The highest BCUT2D eigenvalue weighted by molar-refractivity contribution is 7.11. The maximum atomic E-state index is 13.6. The minimum Gasteiger partial charge on any atom is -0.296 e. The molecule has 4 aromatic heterocycles. The standard InChI is InChI=1S/C24H24N6OS/c1-3-4-5-8-13-29-16(2)26-22-20(24(29)31)21-23(28-19-12-7-6-11-18(19)27-21)30(22)25-15-17-10-9-14-32-17/h6-7,9-12,14-15H,3-5,8,13H2,1-2H3/b25-15-. The molecule has 7 nitrogen and oxygen atoms in total. The van der Waals surface area contributed by atoms with Crippen LogP contribution in [0, 0.1) is 6.92 Å². The number of fused-ring (bicyclic) bond motifs is 4. The second-order valence-electron chi connectivity index (χ2n) is 7.83. The molecule has 5 rings (SSSR count). The average Bonchev–Trinajstić information content (AvgIpc) is 3.41. The highest BCUT2D eigenvalue weighted by Crippen LogP contribution is 2.25. The van der Waals surface area contributed by atoms with Crippen LogP contribution in [0.25, 0.3) is 33.2 Å². The number of rotatable bonds is 7. The van der Waals surface area contributed by atoms with Gasteiger partial charge in [0, 0.05) is 11.4 Å². The third-order valence-corrected chi connectivity index (χ3v) is 6.42. The number of benzene rings is 1. The molecule has 0 unspecified atom stereocenters. The summed E-state index contributed by atoms with van der Waals surface area (Å²) < 4.78 is 3.42. The van der Waals surface area contributed by atoms with Crippen molar-refractivity contribution in [2.75, 3.05) is 0 Å². The molecule has 0 spiro atoms. The first kappa shape index (κ1) is 20.5. The van der Waals surface area contributed by atoms with Crippen LogP contribution in [0.5, 0.6) is 0 Å². The molecule has 0 radical (unpaired) electrons. The second kappa shape index (κ2) is 8.63. The fourth-order valence-corrected chi connectivity index (χ4v) is 4.54. The molecule has 1 aromatic carbocycles. The molecule has 0 aliphatic rings. The summed E-state index contributed by atoms with van der Waals surface area (Å²) in [6.07, 6.45) is 6.14. The molecule has 0 saturated carbocycles. The van der Waals surface area contributed by atoms with Crippen LogP contribution in [0.3, 0.4) is 0 Å². The molecular formula is C24H24N6OS. The fraction of sp³-hybridized carbons (Fsp3) is 0.292. The molecule has 162 valence electrons. The molecule has 0 saturated heterocycles. The molecule has 0 N–H and O–H groups in total. The monoisotopic (exact) mass is 444 g/mol. The lowest BCUT2D eigenvalue weighted by atomic mass is 10.2. The van der Waals surface area contributed by atoms with Gasteiger partial charge < -0.3 is 0 Å². The van der Waals surface area contributed by atoms with Gasteiger partial charge in [0.15, 0.2) is 11.3 Å². The molecule has 0 fully saturated rings. The lowest BCUT2D eigenvalue weighted by Gasteiger charge is -2.09. The highest BCUT2D eigenvalue weighted by atomic mass is 32.1. The van der Waals surface area contributed by atoms with Crippen LogP contribution in [0.15, 0.2) is 51.7 Å². The van der Waals surface area contributed by atoms with Gasteiger partial charge in [0.05, 0.1) is 17.2 Å². The summed E-state index contributed by atoms with van der Waals surface area (Å²) in [4.78, 5) is 29.0. The van der Waals surface area contributed by atoms with E-state index in [-0.39, 0.29) is 5.56 Å². The van der Waals surface area contributed by atoms with Crippen molar-refractivity contribution < 1.29 is 0 Å². The first-order valence-corrected chi connectivity index (χ1v) is 11.8. The van der Waals surface area contributed by atoms with E-state index in [1.54, 1.807) is 26.8 Å². The first-order valence-electron chi connectivity index (χ1n) is 10.9. The van der Waals surface area contributed by atoms with Crippen LogP contribution >= 0.6 is 11.3 Å². The molecule has 0 atom stereocenters. The van der Waals surface area contributed by atoms with E-state index in [1.165, 1.54) is 0 Å². The van der Waals surface area contributed by atoms with Gasteiger partial charge in [0.1, 0.15) is 16.7 Å². The lowest BCUT2D eigenvalue weighted by molar-refractivity contribution is 0.556. The number of para-hydroxylation sites is 2. The van der Waals surface area contributed by atoms with Crippen LogP contribution in [0.4, 0.5) is 0 Å². The summed E-state index contributed by atoms with van der Waals surface area (Å²) in [7, 11) is 0. The Kier molecular flexibility index (Phi) is 5.53. The zero-order valence-electron chi connectivity index (χ0n) is 18.2. The van der Waals surface area contributed by atoms with E-state index in [0.29, 0.717) is 34.6 Å². The van der Waals surface area contributed by atoms with E-state index in [2.05, 4.69) is 12.0 Å². The van der Waals surface area contributed by atoms with Crippen molar-refractivity contribution in [1.29, 1.82) is 0 Å². The summed E-state index contributed by atoms with van der Waals surface area (Å²) in [6, 6.07) is 11.6. The third-order valence-electron chi connectivity index (χ3n) is 5.61. The van der Waals surface area contributed by atoms with Crippen molar-refractivity contribution in [3.8, 4) is 0 Å². The Hall–Kier alpha value is -3.39. The van der Waals surface area contributed by atoms with Gasteiger partial charge in [-0.3, -0.25) is 9.36 Å². The zero-order valence-corrected chi connectivity index (χ0v) is 19.0. The molecule has 32 heavy (non-hydrogen) atoms. The molecule has 4 heterocycles. The third kappa shape index (κ3) is 3.60. The van der Waals surface area contributed by atoms with Crippen molar-refractivity contribution in [2.24, 2.45) is 5.10 Å². The Morgan fingerprint density at radius 1 is 1.00 bits per heavy atom. The summed E-state index contributed by atoms with van der Waals surface area (Å²) in [6.45, 7) is 4.71. The van der Waals surface area contributed by atoms with Crippen LogP contribution < -0.4 is 5.56 Å². The van der Waals surface area contributed by atoms with Gasteiger partial charge in [-0.25, -0.2) is 15.0 Å². The highest BCUT2D eigenvalue weighted by Gasteiger charge is 2.21. The van der Waals surface area contributed by atoms with E-state index in [1.807, 2.05) is 48.7 Å².